The van der Waals surface area contributed by atoms with Crippen molar-refractivity contribution in [2.75, 3.05) is 18.2 Å². The third-order valence-electron chi connectivity index (χ3n) is 4.66. The number of anilines is 2. The van der Waals surface area contributed by atoms with Crippen molar-refractivity contribution in [3.8, 4) is 23.3 Å². The molecular weight excluding hydrogens is 378 g/mol. The highest BCUT2D eigenvalue weighted by Crippen LogP contribution is 2.34. The van der Waals surface area contributed by atoms with E-state index in [9.17, 15) is 10.1 Å². The van der Waals surface area contributed by atoms with E-state index in [1.54, 1.807) is 67.8 Å². The van der Waals surface area contributed by atoms with E-state index in [4.69, 9.17) is 15.2 Å². The zero-order valence-electron chi connectivity index (χ0n) is 17.1. The summed E-state index contributed by atoms with van der Waals surface area (Å²) in [5.41, 5.74) is 7.46. The lowest BCUT2D eigenvalue weighted by molar-refractivity contribution is 0.102. The second kappa shape index (κ2) is 8.58. The number of nitrogens with one attached hydrogen (secondary N) is 1. The number of benzene rings is 3. The molecule has 0 atom stereocenters. The maximum atomic E-state index is 12.8. The van der Waals surface area contributed by atoms with Crippen LogP contribution in [0.1, 0.15) is 29.8 Å². The van der Waals surface area contributed by atoms with Gasteiger partial charge >= 0.3 is 0 Å². The van der Waals surface area contributed by atoms with Gasteiger partial charge < -0.3 is 20.5 Å². The first-order chi connectivity index (χ1) is 14.3. The van der Waals surface area contributed by atoms with Gasteiger partial charge in [0.2, 0.25) is 0 Å². The number of nitrogens with zero attached hydrogens (tertiary/aromatic N) is 1. The Morgan fingerprint density at radius 2 is 1.77 bits per heavy atom. The molecular formula is C24H23N3O3. The molecule has 30 heavy (non-hydrogen) atoms. The van der Waals surface area contributed by atoms with Crippen LogP contribution < -0.4 is 20.5 Å². The van der Waals surface area contributed by atoms with Gasteiger partial charge in [-0.3, -0.25) is 4.79 Å². The van der Waals surface area contributed by atoms with Gasteiger partial charge in [-0.05, 0) is 67.9 Å². The lowest BCUT2D eigenvalue weighted by atomic mass is 9.85. The van der Waals surface area contributed by atoms with Crippen molar-refractivity contribution in [2.45, 2.75) is 19.3 Å². The molecule has 0 bridgehead atoms. The number of amides is 1. The van der Waals surface area contributed by atoms with Crippen molar-refractivity contribution < 1.29 is 14.3 Å². The molecule has 0 heterocycles. The van der Waals surface area contributed by atoms with Crippen molar-refractivity contribution in [3.63, 3.8) is 0 Å². The van der Waals surface area contributed by atoms with E-state index < -0.39 is 5.41 Å². The summed E-state index contributed by atoms with van der Waals surface area (Å²) in [7, 11) is 1.55. The van der Waals surface area contributed by atoms with Gasteiger partial charge in [0.15, 0.2) is 11.5 Å². The van der Waals surface area contributed by atoms with Crippen LogP contribution in [0.25, 0.3) is 0 Å². The maximum Gasteiger partial charge on any atom is 0.255 e. The summed E-state index contributed by atoms with van der Waals surface area (Å²) in [6.45, 7) is 3.63. The summed E-state index contributed by atoms with van der Waals surface area (Å²) in [4.78, 5) is 12.8. The van der Waals surface area contributed by atoms with Crippen molar-refractivity contribution in [3.05, 3.63) is 77.9 Å². The normalized spacial score (nSPS) is 10.7. The fraction of sp³-hybridized carbons (Fsp3) is 0.167. The molecule has 0 spiro atoms. The minimum absolute atomic E-state index is 0.283. The SMILES string of the molecule is COc1ccc(NC(=O)c2cccc(C(C)(C)C#N)c2)cc1Oc1ccc(N)cc1. The van der Waals surface area contributed by atoms with Crippen LogP contribution in [0.2, 0.25) is 0 Å². The van der Waals surface area contributed by atoms with E-state index in [0.717, 1.165) is 5.56 Å². The third-order valence-corrected chi connectivity index (χ3v) is 4.66. The number of nitrogens with two attached hydrogens (primary N) is 1. The molecule has 6 heteroatoms. The van der Waals surface area contributed by atoms with Crippen molar-refractivity contribution in [2.24, 2.45) is 0 Å². The first-order valence-corrected chi connectivity index (χ1v) is 9.37. The Labute approximate surface area is 175 Å². The highest BCUT2D eigenvalue weighted by Gasteiger charge is 2.21. The van der Waals surface area contributed by atoms with E-state index in [2.05, 4.69) is 11.4 Å². The highest BCUT2D eigenvalue weighted by atomic mass is 16.5. The number of methoxy groups -OCH3 is 1. The molecule has 3 aromatic carbocycles. The zero-order valence-corrected chi connectivity index (χ0v) is 17.1. The van der Waals surface area contributed by atoms with Gasteiger partial charge in [-0.2, -0.15) is 5.26 Å². The van der Waals surface area contributed by atoms with Gasteiger partial charge in [-0.15, -0.1) is 0 Å². The molecule has 0 aliphatic carbocycles. The standard InChI is InChI=1S/C24H23N3O3/c1-24(2,15-25)17-6-4-5-16(13-17)23(28)27-19-9-12-21(29-3)22(14-19)30-20-10-7-18(26)8-11-20/h4-14H,26H2,1-3H3,(H,27,28). The van der Waals surface area contributed by atoms with E-state index >= 15 is 0 Å². The Kier molecular flexibility index (Phi) is 5.93. The molecule has 0 radical (unpaired) electrons. The quantitative estimate of drug-likeness (QED) is 0.559. The van der Waals surface area contributed by atoms with Gasteiger partial charge in [0.1, 0.15) is 5.75 Å². The zero-order chi connectivity index (χ0) is 21.7. The van der Waals surface area contributed by atoms with Crippen LogP contribution >= 0.6 is 0 Å². The summed E-state index contributed by atoms with van der Waals surface area (Å²) in [6, 6.07) is 21.4. The molecule has 0 aromatic heterocycles. The average molecular weight is 401 g/mol. The van der Waals surface area contributed by atoms with Gasteiger partial charge in [-0.1, -0.05) is 12.1 Å². The molecule has 3 rings (SSSR count). The molecule has 1 amide bonds. The molecule has 6 nitrogen and oxygen atoms in total. The van der Waals surface area contributed by atoms with Crippen molar-refractivity contribution in [1.29, 1.82) is 5.26 Å². The predicted molar refractivity (Wildman–Crippen MR) is 117 cm³/mol. The Balaban J connectivity index is 1.83. The molecule has 0 fully saturated rings. The monoisotopic (exact) mass is 401 g/mol. The number of nitriles is 1. The van der Waals surface area contributed by atoms with Gasteiger partial charge in [0.25, 0.3) is 5.91 Å². The van der Waals surface area contributed by atoms with E-state index in [1.807, 2.05) is 19.9 Å². The summed E-state index contributed by atoms with van der Waals surface area (Å²) < 4.78 is 11.3. The fourth-order valence-corrected chi connectivity index (χ4v) is 2.81. The van der Waals surface area contributed by atoms with Crippen LogP contribution in [-0.2, 0) is 5.41 Å². The summed E-state index contributed by atoms with van der Waals surface area (Å²) in [5.74, 6) is 1.30. The van der Waals surface area contributed by atoms with Crippen LogP contribution in [0.5, 0.6) is 17.2 Å². The topological polar surface area (TPSA) is 97.4 Å². The molecule has 0 saturated carbocycles. The Morgan fingerprint density at radius 1 is 1.03 bits per heavy atom. The van der Waals surface area contributed by atoms with Gasteiger partial charge in [-0.25, -0.2) is 0 Å². The van der Waals surface area contributed by atoms with Crippen molar-refractivity contribution >= 4 is 17.3 Å². The van der Waals surface area contributed by atoms with Crippen LogP contribution in [-0.4, -0.2) is 13.0 Å². The summed E-state index contributed by atoms with van der Waals surface area (Å²) in [5, 5.41) is 12.2. The largest absolute Gasteiger partial charge is 0.493 e. The summed E-state index contributed by atoms with van der Waals surface area (Å²) in [6.07, 6.45) is 0. The molecule has 0 unspecified atom stereocenters. The molecule has 152 valence electrons. The van der Waals surface area contributed by atoms with E-state index in [0.29, 0.717) is 34.2 Å². The molecule has 3 aromatic rings. The molecule has 0 aliphatic heterocycles. The lowest BCUT2D eigenvalue weighted by Crippen LogP contribution is -2.17. The number of hydrogen-bond donors (Lipinski definition) is 2. The third kappa shape index (κ3) is 4.70. The second-order valence-electron chi connectivity index (χ2n) is 7.31. The number of hydrogen-bond acceptors (Lipinski definition) is 5. The first kappa shape index (κ1) is 20.7. The number of rotatable bonds is 6. The molecule has 0 saturated heterocycles. The Morgan fingerprint density at radius 3 is 2.43 bits per heavy atom. The second-order valence-corrected chi connectivity index (χ2v) is 7.31. The van der Waals surface area contributed by atoms with E-state index in [1.165, 1.54) is 0 Å². The van der Waals surface area contributed by atoms with Crippen LogP contribution in [0.3, 0.4) is 0 Å². The van der Waals surface area contributed by atoms with Crippen molar-refractivity contribution in [1.82, 2.24) is 0 Å². The van der Waals surface area contributed by atoms with Gasteiger partial charge in [0.05, 0.1) is 18.6 Å². The molecule has 0 aliphatic rings. The predicted octanol–water partition coefficient (Wildman–Crippen LogP) is 5.12. The highest BCUT2D eigenvalue weighted by molar-refractivity contribution is 6.04. The maximum absolute atomic E-state index is 12.8. The summed E-state index contributed by atoms with van der Waals surface area (Å²) >= 11 is 0. The van der Waals surface area contributed by atoms with E-state index in [-0.39, 0.29) is 5.91 Å². The number of carbonyl (C=O) groups is 1. The Hall–Kier alpha value is -3.98. The number of carbonyl (C=O) groups excluding carboxylic acids is 1. The number of nitrogen functional groups attached to an aromatic ring is 1. The fourth-order valence-electron chi connectivity index (χ4n) is 2.81. The smallest absolute Gasteiger partial charge is 0.255 e. The minimum Gasteiger partial charge on any atom is -0.493 e. The van der Waals surface area contributed by atoms with Crippen LogP contribution in [0.15, 0.2) is 66.7 Å². The van der Waals surface area contributed by atoms with Gasteiger partial charge in [0, 0.05) is 23.0 Å². The lowest BCUT2D eigenvalue weighted by Gasteiger charge is -2.17. The average Bonchev–Trinajstić information content (AvgIpc) is 2.75. The van der Waals surface area contributed by atoms with Crippen LogP contribution in [0.4, 0.5) is 11.4 Å². The minimum atomic E-state index is -0.684. The number of ether oxygens (including phenoxy) is 2. The molecule has 3 N–H and O–H groups in total. The van der Waals surface area contributed by atoms with Crippen LogP contribution in [0, 0.1) is 11.3 Å². The first-order valence-electron chi connectivity index (χ1n) is 9.37. The Bertz CT molecular complexity index is 1100.